The smallest absolute Gasteiger partial charge is 0.255 e. The fraction of sp³-hybridized carbons (Fsp3) is 0.200. The van der Waals surface area contributed by atoms with Gasteiger partial charge in [-0.25, -0.2) is 4.98 Å². The number of hydrogen-bond donors (Lipinski definition) is 1. The van der Waals surface area contributed by atoms with Gasteiger partial charge in [-0.05, 0) is 66.8 Å². The second-order valence-electron chi connectivity index (χ2n) is 4.98. The van der Waals surface area contributed by atoms with Gasteiger partial charge >= 0.3 is 0 Å². The molecule has 0 bridgehead atoms. The number of carbonyl (C=O) groups excluding carboxylic acids is 1. The normalized spacial score (nSPS) is 10.9. The Morgan fingerprint density at radius 3 is 2.68 bits per heavy atom. The van der Waals surface area contributed by atoms with Crippen molar-refractivity contribution in [1.82, 2.24) is 24.9 Å². The third-order valence-electron chi connectivity index (χ3n) is 3.27. The number of aryl methyl sites for hydroxylation is 2. The number of rotatable bonds is 3. The van der Waals surface area contributed by atoms with Gasteiger partial charge in [-0.2, -0.15) is 0 Å². The Morgan fingerprint density at radius 2 is 1.95 bits per heavy atom. The van der Waals surface area contributed by atoms with Crippen LogP contribution in [0.2, 0.25) is 0 Å². The zero-order valence-corrected chi connectivity index (χ0v) is 14.3. The van der Waals surface area contributed by atoms with Crippen molar-refractivity contribution in [3.8, 4) is 0 Å². The maximum absolute atomic E-state index is 12.1. The second kappa shape index (κ2) is 5.99. The Bertz CT molecular complexity index is 841. The molecule has 0 aliphatic rings. The van der Waals surface area contributed by atoms with Gasteiger partial charge in [-0.1, -0.05) is 0 Å². The number of nitrogens with zero attached hydrogens (tertiary/aromatic N) is 4. The molecular formula is C15H14IN5O. The molecule has 0 spiro atoms. The minimum atomic E-state index is -0.133. The highest BCUT2D eigenvalue weighted by Gasteiger charge is 2.11. The molecule has 7 heteroatoms. The molecule has 0 fully saturated rings. The standard InChI is InChI=1S/C15H14IN5O/c1-9-7-10(2)21-13(19-20-15(21)18-9)8-17-14(22)11-3-5-12(16)6-4-11/h3-7H,8H2,1-2H3,(H,17,22). The summed E-state index contributed by atoms with van der Waals surface area (Å²) in [6.07, 6.45) is 0. The fourth-order valence-electron chi connectivity index (χ4n) is 2.27. The van der Waals surface area contributed by atoms with E-state index in [1.165, 1.54) is 0 Å². The number of aromatic nitrogens is 4. The Labute approximate surface area is 141 Å². The molecule has 2 aromatic heterocycles. The van der Waals surface area contributed by atoms with E-state index in [0.717, 1.165) is 15.0 Å². The molecule has 1 amide bonds. The first-order valence-electron chi connectivity index (χ1n) is 6.76. The monoisotopic (exact) mass is 407 g/mol. The van der Waals surface area contributed by atoms with Gasteiger partial charge in [0.05, 0.1) is 6.54 Å². The summed E-state index contributed by atoms with van der Waals surface area (Å²) in [6.45, 7) is 4.19. The summed E-state index contributed by atoms with van der Waals surface area (Å²) in [4.78, 5) is 16.5. The SMILES string of the molecule is Cc1cc(C)n2c(CNC(=O)c3ccc(I)cc3)nnc2n1. The lowest BCUT2D eigenvalue weighted by Crippen LogP contribution is -2.24. The lowest BCUT2D eigenvalue weighted by atomic mass is 10.2. The Balaban J connectivity index is 1.79. The first-order chi connectivity index (χ1) is 10.5. The molecule has 1 aromatic carbocycles. The van der Waals surface area contributed by atoms with Crippen molar-refractivity contribution in [3.05, 3.63) is 56.7 Å². The van der Waals surface area contributed by atoms with E-state index in [2.05, 4.69) is 43.1 Å². The van der Waals surface area contributed by atoms with Crippen LogP contribution in [-0.4, -0.2) is 25.5 Å². The Kier molecular flexibility index (Phi) is 4.06. The van der Waals surface area contributed by atoms with Crippen LogP contribution < -0.4 is 5.32 Å². The summed E-state index contributed by atoms with van der Waals surface area (Å²) in [7, 11) is 0. The van der Waals surface area contributed by atoms with E-state index in [4.69, 9.17) is 0 Å². The van der Waals surface area contributed by atoms with Crippen LogP contribution in [-0.2, 0) is 6.54 Å². The van der Waals surface area contributed by atoms with Crippen molar-refractivity contribution < 1.29 is 4.79 Å². The zero-order valence-electron chi connectivity index (χ0n) is 12.2. The van der Waals surface area contributed by atoms with E-state index in [1.807, 2.05) is 36.4 Å². The van der Waals surface area contributed by atoms with Gasteiger partial charge in [0.25, 0.3) is 11.7 Å². The molecular weight excluding hydrogens is 393 g/mol. The van der Waals surface area contributed by atoms with Crippen LogP contribution in [0.25, 0.3) is 5.78 Å². The van der Waals surface area contributed by atoms with Crippen molar-refractivity contribution >= 4 is 34.3 Å². The molecule has 112 valence electrons. The summed E-state index contributed by atoms with van der Waals surface area (Å²) in [5, 5.41) is 11.0. The summed E-state index contributed by atoms with van der Waals surface area (Å²) in [5.41, 5.74) is 2.51. The van der Waals surface area contributed by atoms with Crippen LogP contribution in [0.4, 0.5) is 0 Å². The molecule has 0 aliphatic heterocycles. The molecule has 0 saturated carbocycles. The van der Waals surface area contributed by atoms with Crippen molar-refractivity contribution in [2.45, 2.75) is 20.4 Å². The van der Waals surface area contributed by atoms with Crippen molar-refractivity contribution in [3.63, 3.8) is 0 Å². The van der Waals surface area contributed by atoms with Crippen molar-refractivity contribution in [2.75, 3.05) is 0 Å². The maximum atomic E-state index is 12.1. The van der Waals surface area contributed by atoms with Crippen LogP contribution in [0.3, 0.4) is 0 Å². The van der Waals surface area contributed by atoms with Gasteiger partial charge in [-0.3, -0.25) is 9.20 Å². The predicted octanol–water partition coefficient (Wildman–Crippen LogP) is 2.28. The van der Waals surface area contributed by atoms with Crippen LogP contribution in [0.15, 0.2) is 30.3 Å². The van der Waals surface area contributed by atoms with Crippen molar-refractivity contribution in [2.24, 2.45) is 0 Å². The maximum Gasteiger partial charge on any atom is 0.255 e. The topological polar surface area (TPSA) is 72.2 Å². The van der Waals surface area contributed by atoms with E-state index in [1.54, 1.807) is 12.1 Å². The number of nitrogens with one attached hydrogen (secondary N) is 1. The van der Waals surface area contributed by atoms with Crippen LogP contribution >= 0.6 is 22.6 Å². The molecule has 6 nitrogen and oxygen atoms in total. The average molecular weight is 407 g/mol. The van der Waals surface area contributed by atoms with E-state index in [9.17, 15) is 4.79 Å². The summed E-state index contributed by atoms with van der Waals surface area (Å²) in [5.74, 6) is 1.08. The quantitative estimate of drug-likeness (QED) is 0.677. The second-order valence-corrected chi connectivity index (χ2v) is 6.23. The Morgan fingerprint density at radius 1 is 1.23 bits per heavy atom. The van der Waals surface area contributed by atoms with E-state index in [-0.39, 0.29) is 5.91 Å². The molecule has 3 aromatic rings. The summed E-state index contributed by atoms with van der Waals surface area (Å²) in [6, 6.07) is 9.36. The number of hydrogen-bond acceptors (Lipinski definition) is 4. The van der Waals surface area contributed by atoms with Gasteiger partial charge in [-0.15, -0.1) is 10.2 Å². The molecule has 1 N–H and O–H groups in total. The van der Waals surface area contributed by atoms with Crippen LogP contribution in [0, 0.1) is 17.4 Å². The number of amides is 1. The van der Waals surface area contributed by atoms with Gasteiger partial charge in [0.1, 0.15) is 0 Å². The molecule has 22 heavy (non-hydrogen) atoms. The van der Waals surface area contributed by atoms with Gasteiger partial charge in [0, 0.05) is 20.5 Å². The molecule has 3 rings (SSSR count). The van der Waals surface area contributed by atoms with Gasteiger partial charge in [0.2, 0.25) is 0 Å². The molecule has 0 aliphatic carbocycles. The average Bonchev–Trinajstić information content (AvgIpc) is 2.88. The van der Waals surface area contributed by atoms with Crippen molar-refractivity contribution in [1.29, 1.82) is 0 Å². The third kappa shape index (κ3) is 2.94. The van der Waals surface area contributed by atoms with Gasteiger partial charge in [0.15, 0.2) is 5.82 Å². The van der Waals surface area contributed by atoms with Gasteiger partial charge < -0.3 is 5.32 Å². The highest BCUT2D eigenvalue weighted by Crippen LogP contribution is 2.09. The molecule has 0 saturated heterocycles. The molecule has 0 atom stereocenters. The fourth-order valence-corrected chi connectivity index (χ4v) is 2.63. The third-order valence-corrected chi connectivity index (χ3v) is 3.99. The van der Waals surface area contributed by atoms with E-state index >= 15 is 0 Å². The molecule has 2 heterocycles. The lowest BCUT2D eigenvalue weighted by molar-refractivity contribution is 0.0949. The number of halogens is 1. The van der Waals surface area contributed by atoms with Crippen LogP contribution in [0.5, 0.6) is 0 Å². The van der Waals surface area contributed by atoms with Crippen LogP contribution in [0.1, 0.15) is 27.6 Å². The molecule has 0 radical (unpaired) electrons. The number of fused-ring (bicyclic) bond motifs is 1. The first kappa shape index (κ1) is 14.9. The minimum Gasteiger partial charge on any atom is -0.345 e. The zero-order chi connectivity index (χ0) is 15.7. The first-order valence-corrected chi connectivity index (χ1v) is 7.84. The van der Waals surface area contributed by atoms with E-state index in [0.29, 0.717) is 23.7 Å². The Hall–Kier alpha value is -2.03. The number of carbonyl (C=O) groups is 1. The minimum absolute atomic E-state index is 0.133. The lowest BCUT2D eigenvalue weighted by Gasteiger charge is -2.06. The largest absolute Gasteiger partial charge is 0.345 e. The highest BCUT2D eigenvalue weighted by atomic mass is 127. The summed E-state index contributed by atoms with van der Waals surface area (Å²) < 4.78 is 2.94. The summed E-state index contributed by atoms with van der Waals surface area (Å²) >= 11 is 2.21. The van der Waals surface area contributed by atoms with E-state index < -0.39 is 0 Å². The highest BCUT2D eigenvalue weighted by molar-refractivity contribution is 14.1. The predicted molar refractivity (Wildman–Crippen MR) is 90.6 cm³/mol. The molecule has 0 unspecified atom stereocenters. The number of benzene rings is 1.